The van der Waals surface area contributed by atoms with Crippen LogP contribution in [-0.4, -0.2) is 24.5 Å². The summed E-state index contributed by atoms with van der Waals surface area (Å²) >= 11 is 0. The Hall–Kier alpha value is -0.860. The molecule has 94 valence electrons. The number of hydrogen-bond donors (Lipinski definition) is 1. The van der Waals surface area contributed by atoms with Crippen LogP contribution in [0.4, 0.5) is 0 Å². The molecule has 17 heavy (non-hydrogen) atoms. The Morgan fingerprint density at radius 3 is 2.35 bits per heavy atom. The van der Waals surface area contributed by atoms with E-state index in [1.54, 1.807) is 0 Å². The predicted molar refractivity (Wildman–Crippen MR) is 72.9 cm³/mol. The molecule has 0 radical (unpaired) electrons. The van der Waals surface area contributed by atoms with Crippen molar-refractivity contribution >= 4 is 0 Å². The number of hydrogen-bond acceptors (Lipinski definition) is 2. The van der Waals surface area contributed by atoms with E-state index in [9.17, 15) is 0 Å². The van der Waals surface area contributed by atoms with Gasteiger partial charge in [-0.2, -0.15) is 0 Å². The van der Waals surface area contributed by atoms with Crippen LogP contribution in [0.3, 0.4) is 0 Å². The molecule has 1 aliphatic heterocycles. The second kappa shape index (κ2) is 5.65. The van der Waals surface area contributed by atoms with Gasteiger partial charge < -0.3 is 5.73 Å². The Balaban J connectivity index is 2.08. The van der Waals surface area contributed by atoms with E-state index in [0.717, 1.165) is 12.5 Å². The summed E-state index contributed by atoms with van der Waals surface area (Å²) in [6.45, 7) is 7.58. The molecule has 2 rings (SSSR count). The highest BCUT2D eigenvalue weighted by molar-refractivity contribution is 5.24. The van der Waals surface area contributed by atoms with E-state index in [1.807, 2.05) is 0 Å². The highest BCUT2D eigenvalue weighted by atomic mass is 15.2. The van der Waals surface area contributed by atoms with Gasteiger partial charge in [-0.25, -0.2) is 0 Å². The zero-order chi connectivity index (χ0) is 12.3. The van der Waals surface area contributed by atoms with Gasteiger partial charge in [-0.05, 0) is 44.3 Å². The van der Waals surface area contributed by atoms with E-state index in [4.69, 9.17) is 5.73 Å². The number of aryl methyl sites for hydroxylation is 1. The van der Waals surface area contributed by atoms with Gasteiger partial charge in [-0.15, -0.1) is 0 Å². The van der Waals surface area contributed by atoms with Crippen LogP contribution in [0.2, 0.25) is 0 Å². The SMILES string of the molecule is Cc1ccc(C(CN)N2CCC(C)CC2)cc1. The minimum atomic E-state index is 0.406. The topological polar surface area (TPSA) is 29.3 Å². The summed E-state index contributed by atoms with van der Waals surface area (Å²) in [4.78, 5) is 2.55. The summed E-state index contributed by atoms with van der Waals surface area (Å²) in [5.74, 6) is 0.877. The zero-order valence-corrected chi connectivity index (χ0v) is 11.0. The minimum absolute atomic E-state index is 0.406. The van der Waals surface area contributed by atoms with Crippen molar-refractivity contribution in [1.82, 2.24) is 4.90 Å². The smallest absolute Gasteiger partial charge is 0.0470 e. The van der Waals surface area contributed by atoms with Gasteiger partial charge in [0, 0.05) is 12.6 Å². The predicted octanol–water partition coefficient (Wildman–Crippen LogP) is 2.73. The second-order valence-electron chi connectivity index (χ2n) is 5.38. The molecule has 1 fully saturated rings. The third-order valence-electron chi connectivity index (χ3n) is 3.94. The van der Waals surface area contributed by atoms with Gasteiger partial charge >= 0.3 is 0 Å². The van der Waals surface area contributed by atoms with E-state index < -0.39 is 0 Å². The summed E-state index contributed by atoms with van der Waals surface area (Å²) < 4.78 is 0. The average molecular weight is 232 g/mol. The zero-order valence-electron chi connectivity index (χ0n) is 11.0. The number of piperidine rings is 1. The van der Waals surface area contributed by atoms with Crippen molar-refractivity contribution in [1.29, 1.82) is 0 Å². The lowest BCUT2D eigenvalue weighted by molar-refractivity contribution is 0.141. The summed E-state index contributed by atoms with van der Waals surface area (Å²) in [5.41, 5.74) is 8.65. The van der Waals surface area contributed by atoms with E-state index in [-0.39, 0.29) is 0 Å². The normalized spacial score (nSPS) is 20.4. The fourth-order valence-electron chi connectivity index (χ4n) is 2.62. The first kappa shape index (κ1) is 12.6. The second-order valence-corrected chi connectivity index (χ2v) is 5.38. The summed E-state index contributed by atoms with van der Waals surface area (Å²) in [6, 6.07) is 9.23. The maximum atomic E-state index is 5.97. The van der Waals surface area contributed by atoms with Crippen molar-refractivity contribution in [2.24, 2.45) is 11.7 Å². The van der Waals surface area contributed by atoms with Crippen LogP contribution in [0.25, 0.3) is 0 Å². The lowest BCUT2D eigenvalue weighted by atomic mass is 9.95. The standard InChI is InChI=1S/C15H24N2/c1-12-3-5-14(6-4-12)15(11-16)17-9-7-13(2)8-10-17/h3-6,13,15H,7-11,16H2,1-2H3. The van der Waals surface area contributed by atoms with Crippen LogP contribution in [0, 0.1) is 12.8 Å². The third-order valence-corrected chi connectivity index (χ3v) is 3.94. The van der Waals surface area contributed by atoms with E-state index in [1.165, 1.54) is 37.1 Å². The molecule has 1 unspecified atom stereocenters. The maximum Gasteiger partial charge on any atom is 0.0470 e. The maximum absolute atomic E-state index is 5.97. The summed E-state index contributed by atoms with van der Waals surface area (Å²) in [7, 11) is 0. The lowest BCUT2D eigenvalue weighted by Crippen LogP contribution is -2.39. The van der Waals surface area contributed by atoms with Crippen molar-refractivity contribution in [3.05, 3.63) is 35.4 Å². The quantitative estimate of drug-likeness (QED) is 0.868. The molecule has 0 aliphatic carbocycles. The Labute approximate surface area is 105 Å². The van der Waals surface area contributed by atoms with E-state index in [0.29, 0.717) is 6.04 Å². The number of likely N-dealkylation sites (tertiary alicyclic amines) is 1. The molecule has 1 saturated heterocycles. The molecule has 1 aromatic carbocycles. The molecule has 0 saturated carbocycles. The number of nitrogens with two attached hydrogens (primary N) is 1. The minimum Gasteiger partial charge on any atom is -0.329 e. The van der Waals surface area contributed by atoms with E-state index >= 15 is 0 Å². The Morgan fingerprint density at radius 1 is 1.24 bits per heavy atom. The van der Waals surface area contributed by atoms with Gasteiger partial charge in [0.15, 0.2) is 0 Å². The molecule has 1 heterocycles. The monoisotopic (exact) mass is 232 g/mol. The highest BCUT2D eigenvalue weighted by Gasteiger charge is 2.23. The average Bonchev–Trinajstić information content (AvgIpc) is 2.35. The Kier molecular flexibility index (Phi) is 4.19. The number of benzene rings is 1. The molecule has 1 atom stereocenters. The van der Waals surface area contributed by atoms with Crippen LogP contribution in [0.5, 0.6) is 0 Å². The van der Waals surface area contributed by atoms with Crippen molar-refractivity contribution < 1.29 is 0 Å². The Morgan fingerprint density at radius 2 is 1.82 bits per heavy atom. The molecule has 2 heteroatoms. The van der Waals surface area contributed by atoms with Gasteiger partial charge in [0.1, 0.15) is 0 Å². The fraction of sp³-hybridized carbons (Fsp3) is 0.600. The first-order valence-corrected chi connectivity index (χ1v) is 6.71. The van der Waals surface area contributed by atoms with Crippen LogP contribution in [0.1, 0.15) is 36.9 Å². The molecular formula is C15H24N2. The fourth-order valence-corrected chi connectivity index (χ4v) is 2.62. The van der Waals surface area contributed by atoms with E-state index in [2.05, 4.69) is 43.0 Å². The molecule has 2 nitrogen and oxygen atoms in total. The molecule has 0 spiro atoms. The first-order chi connectivity index (χ1) is 8.20. The van der Waals surface area contributed by atoms with Crippen molar-refractivity contribution in [3.8, 4) is 0 Å². The van der Waals surface area contributed by atoms with Gasteiger partial charge in [0.25, 0.3) is 0 Å². The lowest BCUT2D eigenvalue weighted by Gasteiger charge is -2.36. The van der Waals surface area contributed by atoms with Gasteiger partial charge in [0.05, 0.1) is 0 Å². The highest BCUT2D eigenvalue weighted by Crippen LogP contribution is 2.26. The number of rotatable bonds is 3. The van der Waals surface area contributed by atoms with Gasteiger partial charge in [-0.3, -0.25) is 4.90 Å². The molecule has 0 aromatic heterocycles. The van der Waals surface area contributed by atoms with Gasteiger partial charge in [0.2, 0.25) is 0 Å². The van der Waals surface area contributed by atoms with Crippen LogP contribution < -0.4 is 5.73 Å². The van der Waals surface area contributed by atoms with Crippen molar-refractivity contribution in [2.45, 2.75) is 32.7 Å². The van der Waals surface area contributed by atoms with Crippen LogP contribution in [-0.2, 0) is 0 Å². The van der Waals surface area contributed by atoms with Gasteiger partial charge in [-0.1, -0.05) is 36.8 Å². The summed E-state index contributed by atoms with van der Waals surface area (Å²) in [5, 5.41) is 0. The molecule has 2 N–H and O–H groups in total. The third kappa shape index (κ3) is 3.08. The number of nitrogens with zero attached hydrogens (tertiary/aromatic N) is 1. The summed E-state index contributed by atoms with van der Waals surface area (Å²) in [6.07, 6.45) is 2.62. The van der Waals surface area contributed by atoms with Crippen molar-refractivity contribution in [3.63, 3.8) is 0 Å². The van der Waals surface area contributed by atoms with Crippen LogP contribution in [0.15, 0.2) is 24.3 Å². The molecule has 0 bridgehead atoms. The van der Waals surface area contributed by atoms with Crippen LogP contribution >= 0.6 is 0 Å². The van der Waals surface area contributed by atoms with Crippen molar-refractivity contribution in [2.75, 3.05) is 19.6 Å². The molecule has 0 amide bonds. The molecule has 1 aliphatic rings. The largest absolute Gasteiger partial charge is 0.329 e. The first-order valence-electron chi connectivity index (χ1n) is 6.71. The molecular weight excluding hydrogens is 208 g/mol. The Bertz CT molecular complexity index is 336. The molecule has 1 aromatic rings.